The molecule has 156 valence electrons. The molecule has 0 bridgehead atoms. The van der Waals surface area contributed by atoms with E-state index in [-0.39, 0.29) is 11.6 Å². The number of benzene rings is 2. The molecule has 0 amide bonds. The van der Waals surface area contributed by atoms with Crippen molar-refractivity contribution in [1.29, 1.82) is 0 Å². The predicted octanol–water partition coefficient (Wildman–Crippen LogP) is 6.51. The van der Waals surface area contributed by atoms with E-state index in [2.05, 4.69) is 25.9 Å². The Labute approximate surface area is 188 Å². The first-order valence-electron chi connectivity index (χ1n) is 9.77. The average molecular weight is 479 g/mol. The van der Waals surface area contributed by atoms with Crippen molar-refractivity contribution in [3.63, 3.8) is 0 Å². The van der Waals surface area contributed by atoms with E-state index in [9.17, 15) is 4.39 Å². The topological polar surface area (TPSA) is 44.2 Å². The minimum absolute atomic E-state index is 0.186. The van der Waals surface area contributed by atoms with Gasteiger partial charge in [0.25, 0.3) is 0 Å². The Bertz CT molecular complexity index is 1170. The fraction of sp³-hybridized carbons (Fsp3) is 0.120. The number of hydrogen-bond acceptors (Lipinski definition) is 4. The summed E-state index contributed by atoms with van der Waals surface area (Å²) in [4.78, 5) is 8.77. The van der Waals surface area contributed by atoms with Gasteiger partial charge in [-0.05, 0) is 40.0 Å². The van der Waals surface area contributed by atoms with Gasteiger partial charge in [0.05, 0.1) is 5.56 Å². The van der Waals surface area contributed by atoms with Gasteiger partial charge in [-0.15, -0.1) is 0 Å². The van der Waals surface area contributed by atoms with E-state index in [0.29, 0.717) is 34.7 Å². The SMILES string of the molecule is Cc1c(Br)cnc(-c2ccc(OCc3ccccc3)nc2OCc2ccccc2)c1F. The molecule has 0 aliphatic rings. The molecule has 31 heavy (non-hydrogen) atoms. The molecule has 4 nitrogen and oxygen atoms in total. The Kier molecular flexibility index (Phi) is 6.57. The second-order valence-corrected chi connectivity index (χ2v) is 7.80. The number of hydrogen-bond donors (Lipinski definition) is 0. The van der Waals surface area contributed by atoms with Gasteiger partial charge in [-0.1, -0.05) is 60.7 Å². The van der Waals surface area contributed by atoms with Crippen molar-refractivity contribution in [1.82, 2.24) is 9.97 Å². The van der Waals surface area contributed by atoms with Gasteiger partial charge in [0.15, 0.2) is 5.82 Å². The van der Waals surface area contributed by atoms with Crippen molar-refractivity contribution in [3.8, 4) is 23.0 Å². The minimum atomic E-state index is -0.418. The third-order valence-electron chi connectivity index (χ3n) is 4.74. The van der Waals surface area contributed by atoms with Crippen molar-refractivity contribution < 1.29 is 13.9 Å². The van der Waals surface area contributed by atoms with Crippen LogP contribution in [0.1, 0.15) is 16.7 Å². The molecule has 0 aliphatic heterocycles. The standard InChI is InChI=1S/C25H20BrFN2O2/c1-17-21(26)14-28-24(23(17)27)20-12-13-22(30-15-18-8-4-2-5-9-18)29-25(20)31-16-19-10-6-3-7-11-19/h2-14H,15-16H2,1H3. The zero-order valence-electron chi connectivity index (χ0n) is 16.9. The largest absolute Gasteiger partial charge is 0.473 e. The van der Waals surface area contributed by atoms with Crippen LogP contribution in [0.2, 0.25) is 0 Å². The molecule has 0 atom stereocenters. The molecule has 0 saturated heterocycles. The molecule has 0 fully saturated rings. The van der Waals surface area contributed by atoms with Crippen LogP contribution in [-0.4, -0.2) is 9.97 Å². The van der Waals surface area contributed by atoms with Crippen LogP contribution in [0, 0.1) is 12.7 Å². The Morgan fingerprint density at radius 3 is 2.10 bits per heavy atom. The molecule has 0 radical (unpaired) electrons. The quantitative estimate of drug-likeness (QED) is 0.303. The first-order valence-corrected chi connectivity index (χ1v) is 10.6. The lowest BCUT2D eigenvalue weighted by Gasteiger charge is -2.14. The van der Waals surface area contributed by atoms with Gasteiger partial charge >= 0.3 is 0 Å². The smallest absolute Gasteiger partial charge is 0.226 e. The molecule has 2 aromatic heterocycles. The second-order valence-electron chi connectivity index (χ2n) is 6.94. The minimum Gasteiger partial charge on any atom is -0.473 e. The highest BCUT2D eigenvalue weighted by Gasteiger charge is 2.18. The number of aromatic nitrogens is 2. The van der Waals surface area contributed by atoms with Crippen LogP contribution in [-0.2, 0) is 13.2 Å². The van der Waals surface area contributed by atoms with E-state index in [1.54, 1.807) is 25.3 Å². The first kappa shape index (κ1) is 21.0. The second kappa shape index (κ2) is 9.71. The van der Waals surface area contributed by atoms with Crippen molar-refractivity contribution in [2.45, 2.75) is 20.1 Å². The van der Waals surface area contributed by atoms with E-state index < -0.39 is 5.82 Å². The Morgan fingerprint density at radius 1 is 0.839 bits per heavy atom. The summed E-state index contributed by atoms with van der Waals surface area (Å²) in [5.41, 5.74) is 3.13. The Morgan fingerprint density at radius 2 is 1.45 bits per heavy atom. The van der Waals surface area contributed by atoms with Crippen molar-refractivity contribution in [3.05, 3.63) is 106 Å². The van der Waals surface area contributed by atoms with Crippen LogP contribution >= 0.6 is 15.9 Å². The normalized spacial score (nSPS) is 10.7. The Balaban J connectivity index is 1.65. The molecule has 0 spiro atoms. The maximum Gasteiger partial charge on any atom is 0.226 e. The van der Waals surface area contributed by atoms with Gasteiger partial charge < -0.3 is 9.47 Å². The van der Waals surface area contributed by atoms with E-state index >= 15 is 0 Å². The lowest BCUT2D eigenvalue weighted by Crippen LogP contribution is -2.04. The zero-order valence-corrected chi connectivity index (χ0v) is 18.5. The molecule has 0 N–H and O–H groups in total. The summed E-state index contributed by atoms with van der Waals surface area (Å²) in [6, 6.07) is 23.0. The van der Waals surface area contributed by atoms with Gasteiger partial charge in [-0.25, -0.2) is 4.39 Å². The summed E-state index contributed by atoms with van der Waals surface area (Å²) in [5, 5.41) is 0. The van der Waals surface area contributed by atoms with Crippen LogP contribution in [0.5, 0.6) is 11.8 Å². The highest BCUT2D eigenvalue weighted by Crippen LogP contribution is 2.34. The van der Waals surface area contributed by atoms with Gasteiger partial charge in [-0.3, -0.25) is 4.98 Å². The summed E-state index contributed by atoms with van der Waals surface area (Å²) < 4.78 is 27.4. The summed E-state index contributed by atoms with van der Waals surface area (Å²) >= 11 is 3.32. The van der Waals surface area contributed by atoms with Crippen LogP contribution in [0.25, 0.3) is 11.3 Å². The molecule has 0 saturated carbocycles. The molecule has 4 aromatic rings. The van der Waals surface area contributed by atoms with Gasteiger partial charge in [0, 0.05) is 22.3 Å². The van der Waals surface area contributed by atoms with Crippen LogP contribution in [0.4, 0.5) is 4.39 Å². The number of rotatable bonds is 7. The van der Waals surface area contributed by atoms with Crippen LogP contribution < -0.4 is 9.47 Å². The van der Waals surface area contributed by atoms with Gasteiger partial charge in [0.2, 0.25) is 11.8 Å². The Hall–Kier alpha value is -3.25. The lowest BCUT2D eigenvalue weighted by atomic mass is 10.1. The number of halogens is 2. The molecular weight excluding hydrogens is 459 g/mol. The zero-order chi connectivity index (χ0) is 21.6. The summed E-state index contributed by atoms with van der Waals surface area (Å²) in [5.74, 6) is 0.242. The maximum atomic E-state index is 15.0. The molecule has 2 aromatic carbocycles. The predicted molar refractivity (Wildman–Crippen MR) is 121 cm³/mol. The molecular formula is C25H20BrFN2O2. The van der Waals surface area contributed by atoms with Crippen molar-refractivity contribution in [2.75, 3.05) is 0 Å². The third-order valence-corrected chi connectivity index (χ3v) is 5.54. The van der Waals surface area contributed by atoms with E-state index in [4.69, 9.17) is 9.47 Å². The van der Waals surface area contributed by atoms with Crippen molar-refractivity contribution >= 4 is 15.9 Å². The highest BCUT2D eigenvalue weighted by atomic mass is 79.9. The maximum absolute atomic E-state index is 15.0. The molecule has 2 heterocycles. The fourth-order valence-corrected chi connectivity index (χ4v) is 3.27. The summed E-state index contributed by atoms with van der Waals surface area (Å²) in [6.45, 7) is 2.36. The lowest BCUT2D eigenvalue weighted by molar-refractivity contribution is 0.268. The summed E-state index contributed by atoms with van der Waals surface area (Å²) in [6.07, 6.45) is 1.58. The fourth-order valence-electron chi connectivity index (χ4n) is 3.00. The van der Waals surface area contributed by atoms with Crippen LogP contribution in [0.15, 0.2) is 83.5 Å². The number of ether oxygens (including phenoxy) is 2. The van der Waals surface area contributed by atoms with Gasteiger partial charge in [0.1, 0.15) is 18.9 Å². The molecule has 6 heteroatoms. The monoisotopic (exact) mass is 478 g/mol. The highest BCUT2D eigenvalue weighted by molar-refractivity contribution is 9.10. The number of pyridine rings is 2. The average Bonchev–Trinajstić information content (AvgIpc) is 2.82. The van der Waals surface area contributed by atoms with Crippen LogP contribution in [0.3, 0.4) is 0 Å². The molecule has 0 unspecified atom stereocenters. The molecule has 4 rings (SSSR count). The first-order chi connectivity index (χ1) is 15.1. The van der Waals surface area contributed by atoms with Crippen molar-refractivity contribution in [2.24, 2.45) is 0 Å². The third kappa shape index (κ3) is 5.09. The van der Waals surface area contributed by atoms with E-state index in [1.165, 1.54) is 0 Å². The van der Waals surface area contributed by atoms with E-state index in [1.807, 2.05) is 60.7 Å². The van der Waals surface area contributed by atoms with Gasteiger partial charge in [-0.2, -0.15) is 4.98 Å². The summed E-state index contributed by atoms with van der Waals surface area (Å²) in [7, 11) is 0. The van der Waals surface area contributed by atoms with E-state index in [0.717, 1.165) is 11.1 Å². The molecule has 0 aliphatic carbocycles. The number of nitrogens with zero attached hydrogens (tertiary/aromatic N) is 2.